The molecule has 1 nitrogen and oxygen atoms in total. The Bertz CT molecular complexity index is 37.3. The first-order valence-corrected chi connectivity index (χ1v) is 7.69. The maximum atomic E-state index is 9.06. The first-order chi connectivity index (χ1) is 3.33. The normalized spacial score (nSPS) is 5.43. The van der Waals surface area contributed by atoms with E-state index >= 15 is 0 Å². The first-order valence-electron chi connectivity index (χ1n) is 1.98. The number of allylic oxidation sites excluding steroid dienone is 1. The predicted octanol–water partition coefficient (Wildman–Crippen LogP) is 1.16. The molecule has 0 saturated heterocycles. The summed E-state index contributed by atoms with van der Waals surface area (Å²) in [5, 5.41) is 0. The average Bonchev–Trinajstić information content (AvgIpc) is 1.69. The molecule has 0 bridgehead atoms. The van der Waals surface area contributed by atoms with Gasteiger partial charge in [-0.25, -0.2) is 0 Å². The van der Waals surface area contributed by atoms with Crippen LogP contribution in [0.15, 0.2) is 12.7 Å². The molecule has 0 N–H and O–H groups in total. The summed E-state index contributed by atoms with van der Waals surface area (Å²) < 4.78 is 0. The zero-order valence-electron chi connectivity index (χ0n) is 4.77. The van der Waals surface area contributed by atoms with Gasteiger partial charge in [-0.15, -0.1) is 0 Å². The number of rotatable bonds is 1. The maximum absolute atomic E-state index is 9.06. The summed E-state index contributed by atoms with van der Waals surface area (Å²) in [6.45, 7) is 3.11. The molecule has 0 atom stereocenters. The molecule has 0 heterocycles. The number of hydrogen-bond donors (Lipinski definition) is 0. The van der Waals surface area contributed by atoms with Gasteiger partial charge in [0.2, 0.25) is 0 Å². The van der Waals surface area contributed by atoms with Gasteiger partial charge in [0.05, 0.1) is 0 Å². The number of carbonyl (C=O) groups excluding carboxylic acids is 1. The topological polar surface area (TPSA) is 17.1 Å². The molecular formula is C5H10OSn. The van der Waals surface area contributed by atoms with Crippen molar-refractivity contribution >= 4 is 27.4 Å². The van der Waals surface area contributed by atoms with Crippen LogP contribution < -0.4 is 0 Å². The fraction of sp³-hybridized carbons (Fsp3) is 0.400. The van der Waals surface area contributed by atoms with Crippen LogP contribution in [0.5, 0.6) is 0 Å². The van der Waals surface area contributed by atoms with Crippen LogP contribution in [0, 0.1) is 0 Å². The summed E-state index contributed by atoms with van der Waals surface area (Å²) in [5.41, 5.74) is 0. The van der Waals surface area contributed by atoms with Gasteiger partial charge in [-0.3, -0.25) is 4.79 Å². The first kappa shape index (κ1) is 10.2. The number of aldehydes is 1. The molecule has 0 spiro atoms. The predicted molar refractivity (Wildman–Crippen MR) is 33.7 cm³/mol. The molecule has 2 heteroatoms. The zero-order valence-corrected chi connectivity index (χ0v) is 7.62. The Hall–Kier alpha value is 0.209. The summed E-state index contributed by atoms with van der Waals surface area (Å²) in [7, 11) is 0. The standard InChI is InChI=1S/C3H4O.2CH3.Sn/c1-2-3-4;;;/h2-3H,1H2;2*1H3;. The van der Waals surface area contributed by atoms with Gasteiger partial charge in [0.15, 0.2) is 0 Å². The van der Waals surface area contributed by atoms with Crippen molar-refractivity contribution in [1.82, 2.24) is 0 Å². The molecule has 0 aliphatic rings. The van der Waals surface area contributed by atoms with E-state index in [1.165, 1.54) is 6.08 Å². The summed E-state index contributed by atoms with van der Waals surface area (Å²) in [6, 6.07) is 0. The van der Waals surface area contributed by atoms with Gasteiger partial charge in [-0.05, 0) is 6.08 Å². The molecule has 0 amide bonds. The Morgan fingerprint density at radius 2 is 1.71 bits per heavy atom. The van der Waals surface area contributed by atoms with Crippen molar-refractivity contribution in [3.05, 3.63) is 12.7 Å². The van der Waals surface area contributed by atoms with E-state index in [4.69, 9.17) is 4.79 Å². The molecular weight excluding hydrogens is 195 g/mol. The van der Waals surface area contributed by atoms with Crippen LogP contribution in [0.25, 0.3) is 0 Å². The fourth-order valence-corrected chi connectivity index (χ4v) is 0. The van der Waals surface area contributed by atoms with Crippen molar-refractivity contribution in [3.63, 3.8) is 0 Å². The Morgan fingerprint density at radius 1 is 1.57 bits per heavy atom. The molecule has 0 aliphatic carbocycles. The quantitative estimate of drug-likeness (QED) is 0.356. The summed E-state index contributed by atoms with van der Waals surface area (Å²) in [4.78, 5) is 13.6. The summed E-state index contributed by atoms with van der Waals surface area (Å²) in [6.07, 6.45) is 1.83. The van der Waals surface area contributed by atoms with E-state index in [0.717, 1.165) is 0 Å². The van der Waals surface area contributed by atoms with E-state index in [1.54, 1.807) is 0 Å². The second-order valence-electron chi connectivity index (χ2n) is 0.872. The summed E-state index contributed by atoms with van der Waals surface area (Å²) >= 11 is 0.230. The molecule has 0 aromatic heterocycles. The third kappa shape index (κ3) is 75.3. The van der Waals surface area contributed by atoms with Gasteiger partial charge in [0, 0.05) is 0 Å². The van der Waals surface area contributed by atoms with Crippen molar-refractivity contribution < 1.29 is 4.79 Å². The molecule has 0 aliphatic heterocycles. The van der Waals surface area contributed by atoms with Gasteiger partial charge in [-0.1, -0.05) is 6.58 Å². The van der Waals surface area contributed by atoms with E-state index in [9.17, 15) is 0 Å². The van der Waals surface area contributed by atoms with Crippen LogP contribution in [0.2, 0.25) is 9.88 Å². The third-order valence-corrected chi connectivity index (χ3v) is 0.0962. The van der Waals surface area contributed by atoms with Gasteiger partial charge in [0.25, 0.3) is 0 Å². The second-order valence-corrected chi connectivity index (χ2v) is 3.73. The van der Waals surface area contributed by atoms with Gasteiger partial charge >= 0.3 is 31.0 Å². The SMILES string of the molecule is C=CC=O.[CH3][Sn][CH3]. The van der Waals surface area contributed by atoms with E-state index in [0.29, 0.717) is 6.29 Å². The van der Waals surface area contributed by atoms with E-state index < -0.39 is 0 Å². The van der Waals surface area contributed by atoms with Crippen LogP contribution >= 0.6 is 0 Å². The monoisotopic (exact) mass is 206 g/mol. The Labute approximate surface area is 55.0 Å². The molecule has 40 valence electrons. The minimum atomic E-state index is 0.230. The van der Waals surface area contributed by atoms with Crippen LogP contribution in [0.4, 0.5) is 0 Å². The molecule has 0 unspecified atom stereocenters. The molecule has 0 rings (SSSR count). The second kappa shape index (κ2) is 16.4. The minimum absolute atomic E-state index is 0.230. The molecule has 0 aromatic rings. The zero-order chi connectivity index (χ0) is 6.12. The van der Waals surface area contributed by atoms with Crippen molar-refractivity contribution in [2.45, 2.75) is 9.88 Å². The van der Waals surface area contributed by atoms with E-state index in [2.05, 4.69) is 16.5 Å². The molecule has 0 saturated carbocycles. The van der Waals surface area contributed by atoms with E-state index in [1.807, 2.05) is 0 Å². The Morgan fingerprint density at radius 3 is 1.71 bits per heavy atom. The molecule has 7 heavy (non-hydrogen) atoms. The number of carbonyl (C=O) groups is 1. The van der Waals surface area contributed by atoms with Crippen LogP contribution in [-0.4, -0.2) is 27.4 Å². The van der Waals surface area contributed by atoms with Crippen LogP contribution in [-0.2, 0) is 4.79 Å². The van der Waals surface area contributed by atoms with Crippen LogP contribution in [0.1, 0.15) is 0 Å². The van der Waals surface area contributed by atoms with Gasteiger partial charge in [0.1, 0.15) is 6.29 Å². The van der Waals surface area contributed by atoms with Crippen molar-refractivity contribution in [3.8, 4) is 0 Å². The average molecular weight is 205 g/mol. The summed E-state index contributed by atoms with van der Waals surface area (Å²) in [5.74, 6) is 0. The Kier molecular flexibility index (Phi) is 23.9. The van der Waals surface area contributed by atoms with Gasteiger partial charge < -0.3 is 0 Å². The molecule has 2 radical (unpaired) electrons. The molecule has 0 fully saturated rings. The van der Waals surface area contributed by atoms with Crippen molar-refractivity contribution in [2.24, 2.45) is 0 Å². The van der Waals surface area contributed by atoms with E-state index in [-0.39, 0.29) is 21.1 Å². The van der Waals surface area contributed by atoms with Gasteiger partial charge in [-0.2, -0.15) is 0 Å². The third-order valence-electron chi connectivity index (χ3n) is 0.0962. The van der Waals surface area contributed by atoms with Crippen molar-refractivity contribution in [2.75, 3.05) is 0 Å². The fourth-order valence-electron chi connectivity index (χ4n) is 0. The van der Waals surface area contributed by atoms with Crippen LogP contribution in [0.3, 0.4) is 0 Å². The Balaban J connectivity index is 0. The molecule has 0 aromatic carbocycles. The number of hydrogen-bond acceptors (Lipinski definition) is 1. The van der Waals surface area contributed by atoms with Crippen molar-refractivity contribution in [1.29, 1.82) is 0 Å².